The minimum Gasteiger partial charge on any atom is -0.493 e. The number of nitrogens with two attached hydrogens (primary N) is 1. The number of fused-ring (bicyclic) bond motifs is 1. The Hall–Kier alpha value is -1.85. The molecule has 25 heavy (non-hydrogen) atoms. The summed E-state index contributed by atoms with van der Waals surface area (Å²) in [4.78, 5) is 0. The molecule has 0 bridgehead atoms. The molecule has 2 aromatic carbocycles. The lowest BCUT2D eigenvalue weighted by atomic mass is 9.90. The largest absolute Gasteiger partial charge is 0.493 e. The lowest BCUT2D eigenvalue weighted by Crippen LogP contribution is -2.12. The number of benzene rings is 2. The number of ether oxygens (including phenoxy) is 1. The average molecular weight is 359 g/mol. The Morgan fingerprint density at radius 1 is 1.20 bits per heavy atom. The molecule has 0 amide bonds. The predicted octanol–water partition coefficient (Wildman–Crippen LogP) is 3.34. The Bertz CT molecular complexity index is 880. The molecule has 5 heteroatoms. The van der Waals surface area contributed by atoms with Gasteiger partial charge in [-0.05, 0) is 72.2 Å². The monoisotopic (exact) mass is 359 g/mol. The fourth-order valence-corrected chi connectivity index (χ4v) is 4.05. The van der Waals surface area contributed by atoms with Crippen molar-refractivity contribution in [3.63, 3.8) is 0 Å². The number of hydrogen-bond acceptors (Lipinski definition) is 4. The molecule has 4 nitrogen and oxygen atoms in total. The van der Waals surface area contributed by atoms with Crippen LogP contribution < -0.4 is 10.5 Å². The second-order valence-corrected chi connectivity index (χ2v) is 9.19. The zero-order valence-corrected chi connectivity index (χ0v) is 15.8. The third-order valence-electron chi connectivity index (χ3n) is 4.82. The van der Waals surface area contributed by atoms with Crippen molar-refractivity contribution in [2.75, 3.05) is 18.6 Å². The van der Waals surface area contributed by atoms with E-state index in [4.69, 9.17) is 10.5 Å². The van der Waals surface area contributed by atoms with Crippen LogP contribution in [0.4, 0.5) is 0 Å². The minimum absolute atomic E-state index is 0.0247. The quantitative estimate of drug-likeness (QED) is 0.889. The van der Waals surface area contributed by atoms with Crippen LogP contribution in [-0.4, -0.2) is 27.0 Å². The van der Waals surface area contributed by atoms with E-state index >= 15 is 0 Å². The van der Waals surface area contributed by atoms with E-state index in [1.165, 1.54) is 28.5 Å². The van der Waals surface area contributed by atoms with E-state index in [0.717, 1.165) is 24.0 Å². The molecule has 0 heterocycles. The van der Waals surface area contributed by atoms with Gasteiger partial charge < -0.3 is 10.5 Å². The van der Waals surface area contributed by atoms with E-state index in [1.807, 2.05) is 12.1 Å². The molecule has 0 fully saturated rings. The summed E-state index contributed by atoms with van der Waals surface area (Å²) >= 11 is 0. The van der Waals surface area contributed by atoms with Gasteiger partial charge >= 0.3 is 0 Å². The van der Waals surface area contributed by atoms with Crippen molar-refractivity contribution in [3.05, 3.63) is 52.6 Å². The molecule has 0 aliphatic heterocycles. The molecule has 3 rings (SSSR count). The molecule has 1 aliphatic carbocycles. The van der Waals surface area contributed by atoms with Gasteiger partial charge in [0.1, 0.15) is 12.4 Å². The van der Waals surface area contributed by atoms with Crippen LogP contribution in [-0.2, 0) is 16.3 Å². The van der Waals surface area contributed by atoms with E-state index in [2.05, 4.69) is 32.0 Å². The van der Waals surface area contributed by atoms with Gasteiger partial charge in [-0.3, -0.25) is 0 Å². The summed E-state index contributed by atoms with van der Waals surface area (Å²) in [7, 11) is -3.01. The molecule has 0 aromatic heterocycles. The van der Waals surface area contributed by atoms with Crippen LogP contribution in [0.3, 0.4) is 0 Å². The fraction of sp³-hybridized carbons (Fsp3) is 0.400. The highest BCUT2D eigenvalue weighted by Gasteiger charge is 2.23. The summed E-state index contributed by atoms with van der Waals surface area (Å²) in [5.41, 5.74) is 13.6. The van der Waals surface area contributed by atoms with Crippen molar-refractivity contribution in [1.82, 2.24) is 0 Å². The van der Waals surface area contributed by atoms with Gasteiger partial charge in [-0.1, -0.05) is 18.2 Å². The van der Waals surface area contributed by atoms with Gasteiger partial charge in [0, 0.05) is 12.3 Å². The molecule has 1 aliphatic rings. The third-order valence-corrected chi connectivity index (χ3v) is 5.72. The molecule has 0 saturated heterocycles. The molecule has 2 aromatic rings. The summed E-state index contributed by atoms with van der Waals surface area (Å²) in [6.07, 6.45) is 3.23. The Labute approximate surface area is 149 Å². The fourth-order valence-electron chi connectivity index (χ4n) is 3.66. The van der Waals surface area contributed by atoms with Crippen molar-refractivity contribution >= 4 is 9.84 Å². The van der Waals surface area contributed by atoms with Crippen molar-refractivity contribution in [3.8, 4) is 16.9 Å². The van der Waals surface area contributed by atoms with Crippen molar-refractivity contribution in [1.29, 1.82) is 0 Å². The van der Waals surface area contributed by atoms with E-state index in [9.17, 15) is 8.42 Å². The third kappa shape index (κ3) is 3.88. The van der Waals surface area contributed by atoms with Crippen LogP contribution in [0, 0.1) is 13.8 Å². The molecular formula is C20H25NO3S. The molecule has 0 spiro atoms. The molecule has 1 atom stereocenters. The first-order valence-corrected chi connectivity index (χ1v) is 10.6. The summed E-state index contributed by atoms with van der Waals surface area (Å²) < 4.78 is 28.1. The van der Waals surface area contributed by atoms with Crippen molar-refractivity contribution < 1.29 is 13.2 Å². The van der Waals surface area contributed by atoms with Crippen LogP contribution in [0.5, 0.6) is 5.75 Å². The smallest absolute Gasteiger partial charge is 0.150 e. The highest BCUT2D eigenvalue weighted by molar-refractivity contribution is 7.90. The van der Waals surface area contributed by atoms with Crippen LogP contribution in [0.25, 0.3) is 11.1 Å². The van der Waals surface area contributed by atoms with Gasteiger partial charge in [0.15, 0.2) is 9.84 Å². The highest BCUT2D eigenvalue weighted by atomic mass is 32.2. The normalized spacial score (nSPS) is 16.7. The van der Waals surface area contributed by atoms with Gasteiger partial charge in [-0.25, -0.2) is 8.42 Å². The Balaban J connectivity index is 1.92. The Morgan fingerprint density at radius 3 is 2.52 bits per heavy atom. The lowest BCUT2D eigenvalue weighted by Gasteiger charge is -2.17. The molecule has 0 radical (unpaired) electrons. The van der Waals surface area contributed by atoms with Gasteiger partial charge in [0.25, 0.3) is 0 Å². The Morgan fingerprint density at radius 2 is 1.88 bits per heavy atom. The molecule has 134 valence electrons. The summed E-state index contributed by atoms with van der Waals surface area (Å²) in [6.45, 7) is 4.31. The number of aryl methyl sites for hydroxylation is 2. The van der Waals surface area contributed by atoms with Gasteiger partial charge in [-0.15, -0.1) is 0 Å². The minimum atomic E-state index is -3.01. The highest BCUT2D eigenvalue weighted by Crippen LogP contribution is 2.39. The number of hydrogen-bond donors (Lipinski definition) is 1. The molecule has 0 saturated carbocycles. The predicted molar refractivity (Wildman–Crippen MR) is 102 cm³/mol. The molecule has 2 N–H and O–H groups in total. The maximum Gasteiger partial charge on any atom is 0.150 e. The van der Waals surface area contributed by atoms with E-state index < -0.39 is 9.84 Å². The van der Waals surface area contributed by atoms with Gasteiger partial charge in [0.2, 0.25) is 0 Å². The summed E-state index contributed by atoms with van der Waals surface area (Å²) in [5, 5.41) is 0. The van der Waals surface area contributed by atoms with E-state index in [-0.39, 0.29) is 18.4 Å². The van der Waals surface area contributed by atoms with Gasteiger partial charge in [-0.2, -0.15) is 0 Å². The number of sulfone groups is 1. The van der Waals surface area contributed by atoms with E-state index in [0.29, 0.717) is 5.75 Å². The van der Waals surface area contributed by atoms with Crippen molar-refractivity contribution in [2.24, 2.45) is 5.73 Å². The van der Waals surface area contributed by atoms with E-state index in [1.54, 1.807) is 0 Å². The second kappa shape index (κ2) is 6.81. The maximum absolute atomic E-state index is 11.2. The lowest BCUT2D eigenvalue weighted by molar-refractivity contribution is 0.340. The SMILES string of the molecule is Cc1cc(OCCS(C)(=O)=O)cc(C)c1-c1cccc2c1CC[C@H]2N. The first-order valence-electron chi connectivity index (χ1n) is 8.56. The first kappa shape index (κ1) is 18.0. The average Bonchev–Trinajstić information content (AvgIpc) is 2.88. The zero-order valence-electron chi connectivity index (χ0n) is 15.0. The Kier molecular flexibility index (Phi) is 4.89. The molecule has 0 unspecified atom stereocenters. The van der Waals surface area contributed by atoms with Crippen molar-refractivity contribution in [2.45, 2.75) is 32.7 Å². The molecular weight excluding hydrogens is 334 g/mol. The topological polar surface area (TPSA) is 69.4 Å². The summed E-state index contributed by atoms with van der Waals surface area (Å²) in [6, 6.07) is 10.5. The first-order chi connectivity index (χ1) is 11.8. The van der Waals surface area contributed by atoms with Gasteiger partial charge in [0.05, 0.1) is 5.75 Å². The maximum atomic E-state index is 11.2. The summed E-state index contributed by atoms with van der Waals surface area (Å²) in [5.74, 6) is 0.739. The second-order valence-electron chi connectivity index (χ2n) is 6.93. The van der Waals surface area contributed by atoms with Crippen LogP contribution in [0.1, 0.15) is 34.7 Å². The standard InChI is InChI=1S/C20H25NO3S/c1-13-11-15(24-9-10-25(3,22)23)12-14(2)20(13)18-6-4-5-17-16(18)7-8-19(17)21/h4-6,11-12,19H,7-10,21H2,1-3H3/t19-/m1/s1. The number of rotatable bonds is 5. The van der Waals surface area contributed by atoms with Crippen LogP contribution in [0.15, 0.2) is 30.3 Å². The zero-order chi connectivity index (χ0) is 18.2. The van der Waals surface area contributed by atoms with Crippen LogP contribution in [0.2, 0.25) is 0 Å². The van der Waals surface area contributed by atoms with Crippen LogP contribution >= 0.6 is 0 Å².